The first-order valence-electron chi connectivity index (χ1n) is 10.4. The molecule has 9 heteroatoms. The first kappa shape index (κ1) is 24.4. The highest BCUT2D eigenvalue weighted by Crippen LogP contribution is 2.32. The van der Waals surface area contributed by atoms with Gasteiger partial charge in [-0.1, -0.05) is 67.0 Å². The number of benzene rings is 2. The lowest BCUT2D eigenvalue weighted by Crippen LogP contribution is -2.17. The lowest BCUT2D eigenvalue weighted by atomic mass is 10.0. The predicted octanol–water partition coefficient (Wildman–Crippen LogP) is 6.12. The van der Waals surface area contributed by atoms with Gasteiger partial charge in [0.15, 0.2) is 17.1 Å². The van der Waals surface area contributed by atoms with Crippen LogP contribution in [0.25, 0.3) is 0 Å². The van der Waals surface area contributed by atoms with Gasteiger partial charge in [-0.15, -0.1) is 10.2 Å². The summed E-state index contributed by atoms with van der Waals surface area (Å²) in [6.07, 6.45) is 1.31. The molecule has 0 radical (unpaired) electrons. The molecule has 1 unspecified atom stereocenters. The summed E-state index contributed by atoms with van der Waals surface area (Å²) in [4.78, 5) is 12.6. The number of para-hydroxylation sites is 1. The highest BCUT2D eigenvalue weighted by molar-refractivity contribution is 7.99. The summed E-state index contributed by atoms with van der Waals surface area (Å²) in [5.74, 6) is 1.24. The van der Waals surface area contributed by atoms with Crippen LogP contribution in [0.3, 0.4) is 0 Å². The molecule has 6 nitrogen and oxygen atoms in total. The molecule has 170 valence electrons. The smallest absolute Gasteiger partial charge is 0.234 e. The number of hydrogen-bond acceptors (Lipinski definition) is 5. The van der Waals surface area contributed by atoms with Crippen LogP contribution in [-0.4, -0.2) is 26.4 Å². The first-order valence-corrected chi connectivity index (χ1v) is 12.1. The van der Waals surface area contributed by atoms with Crippen molar-refractivity contribution in [2.45, 2.75) is 44.9 Å². The van der Waals surface area contributed by atoms with E-state index < -0.39 is 6.10 Å². The number of anilines is 1. The zero-order chi connectivity index (χ0) is 23.3. The Balaban J connectivity index is 1.65. The van der Waals surface area contributed by atoms with Crippen molar-refractivity contribution in [3.63, 3.8) is 0 Å². The summed E-state index contributed by atoms with van der Waals surface area (Å²) < 4.78 is 7.75. The molecule has 1 aromatic heterocycles. The second-order valence-corrected chi connectivity index (χ2v) is 9.02. The molecular weight excluding hydrogens is 467 g/mol. The Morgan fingerprint density at radius 1 is 1.16 bits per heavy atom. The third-order valence-electron chi connectivity index (χ3n) is 5.02. The average Bonchev–Trinajstić information content (AvgIpc) is 3.15. The van der Waals surface area contributed by atoms with Gasteiger partial charge in [0.25, 0.3) is 0 Å². The van der Waals surface area contributed by atoms with Gasteiger partial charge >= 0.3 is 0 Å². The van der Waals surface area contributed by atoms with Crippen molar-refractivity contribution in [1.82, 2.24) is 14.8 Å². The van der Waals surface area contributed by atoms with E-state index in [-0.39, 0.29) is 11.7 Å². The van der Waals surface area contributed by atoms with E-state index in [0.29, 0.717) is 26.8 Å². The van der Waals surface area contributed by atoms with Gasteiger partial charge in [0.1, 0.15) is 5.75 Å². The van der Waals surface area contributed by atoms with Gasteiger partial charge in [-0.2, -0.15) is 0 Å². The molecule has 0 spiro atoms. The SMILES string of the molecule is CCc1cccc(CC)c1NC(=O)CSc1nnc(C(C)Oc2cc(Cl)ccc2Cl)n1C. The quantitative estimate of drug-likeness (QED) is 0.364. The number of thioether (sulfide) groups is 1. The van der Waals surface area contributed by atoms with Crippen molar-refractivity contribution < 1.29 is 9.53 Å². The molecule has 0 bridgehead atoms. The lowest BCUT2D eigenvalue weighted by molar-refractivity contribution is -0.113. The number of ether oxygens (including phenoxy) is 1. The van der Waals surface area contributed by atoms with Crippen molar-refractivity contribution in [2.24, 2.45) is 7.05 Å². The van der Waals surface area contributed by atoms with Crippen LogP contribution in [0.1, 0.15) is 43.8 Å². The van der Waals surface area contributed by atoms with Gasteiger partial charge in [-0.3, -0.25) is 4.79 Å². The summed E-state index contributed by atoms with van der Waals surface area (Å²) in [6.45, 7) is 6.02. The van der Waals surface area contributed by atoms with Crippen molar-refractivity contribution >= 4 is 46.6 Å². The summed E-state index contributed by atoms with van der Waals surface area (Å²) in [6, 6.07) is 11.2. The maximum absolute atomic E-state index is 12.6. The van der Waals surface area contributed by atoms with E-state index in [4.69, 9.17) is 27.9 Å². The van der Waals surface area contributed by atoms with Crippen molar-refractivity contribution in [3.8, 4) is 5.75 Å². The van der Waals surface area contributed by atoms with Crippen LogP contribution in [-0.2, 0) is 24.7 Å². The van der Waals surface area contributed by atoms with Crippen LogP contribution in [0.2, 0.25) is 10.0 Å². The van der Waals surface area contributed by atoms with E-state index in [1.165, 1.54) is 11.8 Å². The largest absolute Gasteiger partial charge is 0.481 e. The van der Waals surface area contributed by atoms with Gasteiger partial charge in [-0.25, -0.2) is 0 Å². The number of halogens is 2. The van der Waals surface area contributed by atoms with Gasteiger partial charge in [0.2, 0.25) is 5.91 Å². The predicted molar refractivity (Wildman–Crippen MR) is 131 cm³/mol. The number of nitrogens with zero attached hydrogens (tertiary/aromatic N) is 3. The fourth-order valence-electron chi connectivity index (χ4n) is 3.33. The fourth-order valence-corrected chi connectivity index (χ4v) is 4.37. The number of carbonyl (C=O) groups excluding carboxylic acids is 1. The standard InChI is InChI=1S/C23H26Cl2N4O2S/c1-5-15-8-7-9-16(6-2)21(15)26-20(30)13-32-23-28-27-22(29(23)4)14(3)31-19-12-17(24)10-11-18(19)25/h7-12,14H,5-6,13H2,1-4H3,(H,26,30). The molecule has 1 amide bonds. The highest BCUT2D eigenvalue weighted by Gasteiger charge is 2.19. The summed E-state index contributed by atoms with van der Waals surface area (Å²) in [5.41, 5.74) is 3.19. The Morgan fingerprint density at radius 2 is 1.84 bits per heavy atom. The number of aryl methyl sites for hydroxylation is 2. The molecule has 1 heterocycles. The minimum absolute atomic E-state index is 0.0786. The van der Waals surface area contributed by atoms with E-state index in [1.54, 1.807) is 18.2 Å². The molecule has 1 atom stereocenters. The zero-order valence-electron chi connectivity index (χ0n) is 18.5. The maximum atomic E-state index is 12.6. The lowest BCUT2D eigenvalue weighted by Gasteiger charge is -2.16. The topological polar surface area (TPSA) is 69.0 Å². The van der Waals surface area contributed by atoms with Crippen molar-refractivity contribution in [3.05, 3.63) is 63.4 Å². The van der Waals surface area contributed by atoms with Crippen molar-refractivity contribution in [1.29, 1.82) is 0 Å². The van der Waals surface area contributed by atoms with Crippen LogP contribution in [0, 0.1) is 0 Å². The van der Waals surface area contributed by atoms with E-state index in [9.17, 15) is 4.79 Å². The number of amides is 1. The number of nitrogens with one attached hydrogen (secondary N) is 1. The number of aromatic nitrogens is 3. The molecule has 3 aromatic rings. The Morgan fingerprint density at radius 3 is 2.50 bits per heavy atom. The minimum atomic E-state index is -0.407. The Labute approximate surface area is 202 Å². The van der Waals surface area contributed by atoms with Crippen LogP contribution in [0.15, 0.2) is 41.6 Å². The van der Waals surface area contributed by atoms with Crippen molar-refractivity contribution in [2.75, 3.05) is 11.1 Å². The van der Waals surface area contributed by atoms with Gasteiger partial charge in [-0.05, 0) is 43.0 Å². The number of rotatable bonds is 9. The molecule has 0 aliphatic carbocycles. The second kappa shape index (κ2) is 11.1. The summed E-state index contributed by atoms with van der Waals surface area (Å²) in [7, 11) is 1.84. The molecule has 2 aromatic carbocycles. The van der Waals surface area contributed by atoms with E-state index in [2.05, 4.69) is 29.4 Å². The molecule has 0 aliphatic heterocycles. The summed E-state index contributed by atoms with van der Waals surface area (Å²) in [5, 5.41) is 13.2. The Hall–Kier alpha value is -2.22. The monoisotopic (exact) mass is 492 g/mol. The van der Waals surface area contributed by atoms with Gasteiger partial charge in [0.05, 0.1) is 10.8 Å². The molecule has 32 heavy (non-hydrogen) atoms. The molecule has 0 saturated heterocycles. The molecule has 0 fully saturated rings. The highest BCUT2D eigenvalue weighted by atomic mass is 35.5. The van der Waals surface area contributed by atoms with E-state index in [0.717, 1.165) is 29.7 Å². The molecule has 0 aliphatic rings. The third-order valence-corrected chi connectivity index (χ3v) is 6.59. The Kier molecular flexibility index (Phi) is 8.45. The third kappa shape index (κ3) is 5.77. The van der Waals surface area contributed by atoms with Crippen LogP contribution < -0.4 is 10.1 Å². The maximum Gasteiger partial charge on any atom is 0.234 e. The average molecular weight is 493 g/mol. The van der Waals surface area contributed by atoms with Gasteiger partial charge in [0, 0.05) is 23.8 Å². The van der Waals surface area contributed by atoms with Crippen LogP contribution in [0.5, 0.6) is 5.75 Å². The fraction of sp³-hybridized carbons (Fsp3) is 0.348. The summed E-state index contributed by atoms with van der Waals surface area (Å²) >= 11 is 13.6. The normalized spacial score (nSPS) is 11.9. The second-order valence-electron chi connectivity index (χ2n) is 7.23. The van der Waals surface area contributed by atoms with Gasteiger partial charge < -0.3 is 14.6 Å². The molecule has 3 rings (SSSR count). The molecule has 0 saturated carbocycles. The van der Waals surface area contributed by atoms with Crippen LogP contribution in [0.4, 0.5) is 5.69 Å². The zero-order valence-corrected chi connectivity index (χ0v) is 20.8. The number of carbonyl (C=O) groups is 1. The number of hydrogen-bond donors (Lipinski definition) is 1. The van der Waals surface area contributed by atoms with E-state index in [1.807, 2.05) is 36.7 Å². The van der Waals surface area contributed by atoms with Crippen LogP contribution >= 0.6 is 35.0 Å². The minimum Gasteiger partial charge on any atom is -0.481 e. The Bertz CT molecular complexity index is 1080. The first-order chi connectivity index (χ1) is 15.3. The van der Waals surface area contributed by atoms with E-state index >= 15 is 0 Å². The molecule has 1 N–H and O–H groups in total. The molecular formula is C23H26Cl2N4O2S.